The van der Waals surface area contributed by atoms with E-state index in [0.29, 0.717) is 18.2 Å². The van der Waals surface area contributed by atoms with Crippen LogP contribution in [0.1, 0.15) is 12.8 Å². The standard InChI is InChI=1S/C8H13NO2/c1-9-5-2-4-3-6(9)8(11-4)7(5)10/h4-8,10H,2-3H2,1H3/t4-,5-,6-,7-,8-/m0/s1. The summed E-state index contributed by atoms with van der Waals surface area (Å²) in [6.45, 7) is 0. The topological polar surface area (TPSA) is 32.7 Å². The van der Waals surface area contributed by atoms with Crippen molar-refractivity contribution in [1.29, 1.82) is 0 Å². The van der Waals surface area contributed by atoms with Crippen molar-refractivity contribution in [1.82, 2.24) is 4.90 Å². The highest BCUT2D eigenvalue weighted by Crippen LogP contribution is 2.44. The molecule has 0 aromatic heterocycles. The zero-order valence-electron chi connectivity index (χ0n) is 6.60. The molecule has 0 aliphatic carbocycles. The lowest BCUT2D eigenvalue weighted by Crippen LogP contribution is -2.44. The van der Waals surface area contributed by atoms with Crippen LogP contribution in [0.4, 0.5) is 0 Å². The predicted octanol–water partition coefficient (Wildman–Crippen LogP) is -0.409. The smallest absolute Gasteiger partial charge is 0.101 e. The molecule has 0 amide bonds. The molecule has 11 heavy (non-hydrogen) atoms. The van der Waals surface area contributed by atoms with E-state index in [2.05, 4.69) is 11.9 Å². The van der Waals surface area contributed by atoms with Gasteiger partial charge in [-0.05, 0) is 19.9 Å². The molecule has 4 saturated heterocycles. The number of hydrogen-bond donors (Lipinski definition) is 1. The maximum Gasteiger partial charge on any atom is 0.101 e. The maximum absolute atomic E-state index is 9.71. The number of aliphatic hydroxyl groups is 1. The third kappa shape index (κ3) is 0.604. The molecular formula is C8H13NO2. The van der Waals surface area contributed by atoms with E-state index < -0.39 is 0 Å². The molecule has 0 unspecified atom stereocenters. The largest absolute Gasteiger partial charge is 0.389 e. The van der Waals surface area contributed by atoms with Gasteiger partial charge in [-0.15, -0.1) is 0 Å². The summed E-state index contributed by atoms with van der Waals surface area (Å²) in [7, 11) is 2.10. The zero-order valence-corrected chi connectivity index (χ0v) is 6.60. The Hall–Kier alpha value is -0.120. The summed E-state index contributed by atoms with van der Waals surface area (Å²) in [5, 5.41) is 9.71. The van der Waals surface area contributed by atoms with Crippen LogP contribution in [-0.4, -0.2) is 47.4 Å². The molecule has 0 spiro atoms. The van der Waals surface area contributed by atoms with Crippen molar-refractivity contribution in [2.45, 2.75) is 43.2 Å². The Morgan fingerprint density at radius 2 is 2.09 bits per heavy atom. The van der Waals surface area contributed by atoms with Crippen molar-refractivity contribution in [2.24, 2.45) is 0 Å². The van der Waals surface area contributed by atoms with Crippen LogP contribution < -0.4 is 0 Å². The zero-order chi connectivity index (χ0) is 7.59. The Morgan fingerprint density at radius 1 is 1.36 bits per heavy atom. The Kier molecular flexibility index (Phi) is 1.04. The minimum atomic E-state index is -0.219. The molecule has 4 heterocycles. The molecule has 0 aromatic carbocycles. The quantitative estimate of drug-likeness (QED) is 0.516. The highest BCUT2D eigenvalue weighted by Gasteiger charge is 2.57. The van der Waals surface area contributed by atoms with Gasteiger partial charge in [-0.1, -0.05) is 0 Å². The van der Waals surface area contributed by atoms with Crippen LogP contribution in [0.25, 0.3) is 0 Å². The number of rotatable bonds is 0. The summed E-state index contributed by atoms with van der Waals surface area (Å²) in [6.07, 6.45) is 2.53. The molecule has 5 atom stereocenters. The lowest BCUT2D eigenvalue weighted by molar-refractivity contribution is -0.0758. The monoisotopic (exact) mass is 155 g/mol. The van der Waals surface area contributed by atoms with Gasteiger partial charge in [0.1, 0.15) is 6.10 Å². The van der Waals surface area contributed by atoms with Crippen molar-refractivity contribution >= 4 is 0 Å². The number of piperidine rings is 1. The molecule has 3 nitrogen and oxygen atoms in total. The van der Waals surface area contributed by atoms with Gasteiger partial charge in [-0.25, -0.2) is 0 Å². The molecule has 4 aliphatic rings. The normalized spacial score (nSPS) is 61.1. The van der Waals surface area contributed by atoms with Crippen LogP contribution in [0, 0.1) is 0 Å². The number of nitrogens with zero attached hydrogens (tertiary/aromatic N) is 1. The third-order valence-corrected chi connectivity index (χ3v) is 3.51. The van der Waals surface area contributed by atoms with Crippen molar-refractivity contribution in [2.75, 3.05) is 7.05 Å². The fourth-order valence-electron chi connectivity index (χ4n) is 2.91. The first-order chi connectivity index (χ1) is 5.27. The average molecular weight is 155 g/mol. The summed E-state index contributed by atoms with van der Waals surface area (Å²) in [5.74, 6) is 0. The van der Waals surface area contributed by atoms with E-state index >= 15 is 0 Å². The highest BCUT2D eigenvalue weighted by molar-refractivity contribution is 5.10. The predicted molar refractivity (Wildman–Crippen MR) is 39.2 cm³/mol. The minimum Gasteiger partial charge on any atom is -0.389 e. The van der Waals surface area contributed by atoms with Crippen LogP contribution in [0.5, 0.6) is 0 Å². The molecular weight excluding hydrogens is 142 g/mol. The van der Waals surface area contributed by atoms with Crippen molar-refractivity contribution in [3.63, 3.8) is 0 Å². The fraction of sp³-hybridized carbons (Fsp3) is 1.00. The van der Waals surface area contributed by atoms with Crippen LogP contribution in [0.3, 0.4) is 0 Å². The molecule has 4 fully saturated rings. The van der Waals surface area contributed by atoms with Crippen LogP contribution in [-0.2, 0) is 4.74 Å². The molecule has 4 rings (SSSR count). The molecule has 0 aromatic rings. The molecule has 3 heteroatoms. The van der Waals surface area contributed by atoms with Gasteiger partial charge in [0.05, 0.1) is 12.2 Å². The van der Waals surface area contributed by atoms with E-state index in [1.165, 1.54) is 0 Å². The van der Waals surface area contributed by atoms with E-state index in [9.17, 15) is 5.11 Å². The summed E-state index contributed by atoms with van der Waals surface area (Å²) < 4.78 is 5.64. The van der Waals surface area contributed by atoms with Gasteiger partial charge >= 0.3 is 0 Å². The second kappa shape index (κ2) is 1.79. The van der Waals surface area contributed by atoms with E-state index in [1.807, 2.05) is 0 Å². The van der Waals surface area contributed by atoms with E-state index in [4.69, 9.17) is 4.74 Å². The molecule has 1 N–H and O–H groups in total. The molecule has 62 valence electrons. The SMILES string of the molecule is CN1[C@H]2C[C@H]3C[C@H]1[C@H](O3)[C@H]2O. The lowest BCUT2D eigenvalue weighted by atomic mass is 10.0. The first kappa shape index (κ1) is 6.40. The lowest BCUT2D eigenvalue weighted by Gasteiger charge is -2.33. The number of ether oxygens (including phenoxy) is 1. The second-order valence-electron chi connectivity index (χ2n) is 3.98. The Balaban J connectivity index is 2.00. The first-order valence-electron chi connectivity index (χ1n) is 4.33. The number of hydrogen-bond acceptors (Lipinski definition) is 3. The summed E-state index contributed by atoms with van der Waals surface area (Å²) in [6, 6.07) is 0.895. The summed E-state index contributed by atoms with van der Waals surface area (Å²) in [4.78, 5) is 2.29. The van der Waals surface area contributed by atoms with Gasteiger partial charge in [0.2, 0.25) is 0 Å². The van der Waals surface area contributed by atoms with E-state index in [0.717, 1.165) is 12.8 Å². The van der Waals surface area contributed by atoms with E-state index in [1.54, 1.807) is 0 Å². The van der Waals surface area contributed by atoms with Gasteiger partial charge in [-0.3, -0.25) is 4.90 Å². The van der Waals surface area contributed by atoms with Gasteiger partial charge in [0, 0.05) is 12.1 Å². The summed E-state index contributed by atoms with van der Waals surface area (Å²) in [5.41, 5.74) is 0. The van der Waals surface area contributed by atoms with Crippen LogP contribution in [0.15, 0.2) is 0 Å². The van der Waals surface area contributed by atoms with Gasteiger partial charge in [-0.2, -0.15) is 0 Å². The van der Waals surface area contributed by atoms with E-state index in [-0.39, 0.29) is 12.2 Å². The van der Waals surface area contributed by atoms with Crippen LogP contribution >= 0.6 is 0 Å². The maximum atomic E-state index is 9.71. The van der Waals surface area contributed by atoms with Crippen molar-refractivity contribution < 1.29 is 9.84 Å². The first-order valence-corrected chi connectivity index (χ1v) is 4.33. The summed E-state index contributed by atoms with van der Waals surface area (Å²) >= 11 is 0. The van der Waals surface area contributed by atoms with Gasteiger partial charge in [0.25, 0.3) is 0 Å². The average Bonchev–Trinajstić information content (AvgIpc) is 2.39. The fourth-order valence-corrected chi connectivity index (χ4v) is 2.91. The minimum absolute atomic E-state index is 0.128. The molecule has 0 radical (unpaired) electrons. The van der Waals surface area contributed by atoms with Crippen molar-refractivity contribution in [3.8, 4) is 0 Å². The van der Waals surface area contributed by atoms with Gasteiger partial charge < -0.3 is 9.84 Å². The van der Waals surface area contributed by atoms with Crippen LogP contribution in [0.2, 0.25) is 0 Å². The second-order valence-corrected chi connectivity index (χ2v) is 3.98. The Labute approximate surface area is 65.9 Å². The highest BCUT2D eigenvalue weighted by atomic mass is 16.5. The Morgan fingerprint density at radius 3 is 2.73 bits per heavy atom. The van der Waals surface area contributed by atoms with Gasteiger partial charge in [0.15, 0.2) is 0 Å². The van der Waals surface area contributed by atoms with Crippen molar-refractivity contribution in [3.05, 3.63) is 0 Å². The Bertz CT molecular complexity index is 175. The molecule has 0 saturated carbocycles. The molecule has 4 aliphatic heterocycles. The number of aliphatic hydroxyl groups excluding tert-OH is 1. The number of likely N-dealkylation sites (N-methyl/N-ethyl adjacent to an activating group) is 1. The third-order valence-electron chi connectivity index (χ3n) is 3.51. The molecule has 4 bridgehead atoms.